The van der Waals surface area contributed by atoms with Gasteiger partial charge < -0.3 is 9.47 Å². The van der Waals surface area contributed by atoms with E-state index in [2.05, 4.69) is 6.58 Å². The summed E-state index contributed by atoms with van der Waals surface area (Å²) >= 11 is 0. The van der Waals surface area contributed by atoms with Gasteiger partial charge in [-0.2, -0.15) is 5.26 Å². The number of imide groups is 1. The Labute approximate surface area is 181 Å². The van der Waals surface area contributed by atoms with Crippen molar-refractivity contribution in [2.75, 3.05) is 13.7 Å². The maximum atomic E-state index is 12.9. The number of methoxy groups -OCH3 is 1. The van der Waals surface area contributed by atoms with E-state index < -0.39 is 11.8 Å². The average Bonchev–Trinajstić information content (AvgIpc) is 2.79. The zero-order valence-corrected chi connectivity index (χ0v) is 17.4. The predicted octanol–water partition coefficient (Wildman–Crippen LogP) is 4.05. The summed E-state index contributed by atoms with van der Waals surface area (Å²) in [5.41, 5.74) is 2.28. The zero-order valence-electron chi connectivity index (χ0n) is 17.4. The fourth-order valence-electron chi connectivity index (χ4n) is 3.22. The molecule has 0 aromatic heterocycles. The fourth-order valence-corrected chi connectivity index (χ4v) is 3.22. The Morgan fingerprint density at radius 3 is 2.48 bits per heavy atom. The van der Waals surface area contributed by atoms with Crippen LogP contribution >= 0.6 is 0 Å². The van der Waals surface area contributed by atoms with Crippen molar-refractivity contribution < 1.29 is 19.1 Å². The maximum absolute atomic E-state index is 12.9. The number of rotatable bonds is 7. The largest absolute Gasteiger partial charge is 0.493 e. The summed E-state index contributed by atoms with van der Waals surface area (Å²) in [6.07, 6.45) is 3.09. The Morgan fingerprint density at radius 2 is 1.84 bits per heavy atom. The van der Waals surface area contributed by atoms with E-state index >= 15 is 0 Å². The number of benzene rings is 2. The Bertz CT molecular complexity index is 1120. The fraction of sp³-hybridized carbons (Fsp3) is 0.160. The highest BCUT2D eigenvalue weighted by Crippen LogP contribution is 2.32. The van der Waals surface area contributed by atoms with Gasteiger partial charge in [-0.1, -0.05) is 42.5 Å². The molecule has 6 nitrogen and oxygen atoms in total. The molecule has 0 unspecified atom stereocenters. The third-order valence-electron chi connectivity index (χ3n) is 4.87. The first kappa shape index (κ1) is 21.6. The molecule has 0 saturated carbocycles. The van der Waals surface area contributed by atoms with Gasteiger partial charge in [0.05, 0.1) is 7.11 Å². The summed E-state index contributed by atoms with van der Waals surface area (Å²) in [5.74, 6) is 0.000627. The van der Waals surface area contributed by atoms with E-state index in [1.807, 2.05) is 36.4 Å². The summed E-state index contributed by atoms with van der Waals surface area (Å²) < 4.78 is 11.3. The molecule has 0 aliphatic carbocycles. The second kappa shape index (κ2) is 9.59. The topological polar surface area (TPSA) is 79.6 Å². The molecule has 2 aromatic carbocycles. The molecular weight excluding hydrogens is 392 g/mol. The van der Waals surface area contributed by atoms with Crippen molar-refractivity contribution >= 4 is 17.9 Å². The van der Waals surface area contributed by atoms with E-state index in [-0.39, 0.29) is 17.7 Å². The molecule has 156 valence electrons. The Kier molecular flexibility index (Phi) is 6.68. The maximum Gasteiger partial charge on any atom is 0.271 e. The van der Waals surface area contributed by atoms with Crippen molar-refractivity contribution in [2.45, 2.75) is 13.5 Å². The van der Waals surface area contributed by atoms with Crippen LogP contribution in [0.15, 0.2) is 77.9 Å². The minimum Gasteiger partial charge on any atom is -0.493 e. The highest BCUT2D eigenvalue weighted by atomic mass is 16.5. The summed E-state index contributed by atoms with van der Waals surface area (Å²) in [6, 6.07) is 17.0. The minimum absolute atomic E-state index is 0.0308. The van der Waals surface area contributed by atoms with Gasteiger partial charge in [0.1, 0.15) is 18.2 Å². The lowest BCUT2D eigenvalue weighted by Gasteiger charge is -2.26. The SMILES string of the molecule is C=CCN1C(=O)C(C#N)=C(C)/C(=C\c2ccc(OCc3ccccc3)c(OC)c2)C1=O. The van der Waals surface area contributed by atoms with Crippen LogP contribution in [-0.4, -0.2) is 30.4 Å². The molecule has 1 aliphatic heterocycles. The molecule has 0 atom stereocenters. The van der Waals surface area contributed by atoms with Gasteiger partial charge in [0.15, 0.2) is 11.5 Å². The Morgan fingerprint density at radius 1 is 1.10 bits per heavy atom. The van der Waals surface area contributed by atoms with Crippen LogP contribution in [0.25, 0.3) is 6.08 Å². The van der Waals surface area contributed by atoms with Crippen LogP contribution in [0.4, 0.5) is 0 Å². The van der Waals surface area contributed by atoms with Crippen molar-refractivity contribution in [1.29, 1.82) is 5.26 Å². The zero-order chi connectivity index (χ0) is 22.4. The number of nitriles is 1. The van der Waals surface area contributed by atoms with Gasteiger partial charge in [0, 0.05) is 12.1 Å². The number of hydrogen-bond donors (Lipinski definition) is 0. The molecule has 31 heavy (non-hydrogen) atoms. The van der Waals surface area contributed by atoms with Gasteiger partial charge in [0.25, 0.3) is 11.8 Å². The number of amides is 2. The number of nitrogens with zero attached hydrogens (tertiary/aromatic N) is 2. The molecule has 0 fully saturated rings. The highest BCUT2D eigenvalue weighted by molar-refractivity contribution is 6.19. The van der Waals surface area contributed by atoms with E-state index in [1.54, 1.807) is 31.2 Å². The molecule has 2 aromatic rings. The third kappa shape index (κ3) is 4.57. The molecule has 0 radical (unpaired) electrons. The third-order valence-corrected chi connectivity index (χ3v) is 4.87. The quantitative estimate of drug-likeness (QED) is 0.388. The monoisotopic (exact) mass is 414 g/mol. The first-order chi connectivity index (χ1) is 15.0. The lowest BCUT2D eigenvalue weighted by atomic mass is 9.93. The van der Waals surface area contributed by atoms with E-state index in [1.165, 1.54) is 13.2 Å². The Hall–Kier alpha value is -4.11. The summed E-state index contributed by atoms with van der Waals surface area (Å²) in [4.78, 5) is 26.3. The highest BCUT2D eigenvalue weighted by Gasteiger charge is 2.34. The van der Waals surface area contributed by atoms with Crippen LogP contribution in [0.2, 0.25) is 0 Å². The van der Waals surface area contributed by atoms with Crippen molar-refractivity contribution in [3.63, 3.8) is 0 Å². The smallest absolute Gasteiger partial charge is 0.271 e. The second-order valence-corrected chi connectivity index (χ2v) is 6.86. The molecular formula is C25H22N2O4. The number of hydrogen-bond acceptors (Lipinski definition) is 5. The lowest BCUT2D eigenvalue weighted by molar-refractivity contribution is -0.139. The van der Waals surface area contributed by atoms with E-state index in [4.69, 9.17) is 9.47 Å². The van der Waals surface area contributed by atoms with Crippen LogP contribution in [0.3, 0.4) is 0 Å². The van der Waals surface area contributed by atoms with Gasteiger partial charge in [-0.05, 0) is 41.8 Å². The average molecular weight is 414 g/mol. The molecule has 0 spiro atoms. The minimum atomic E-state index is -0.607. The molecule has 2 amide bonds. The second-order valence-electron chi connectivity index (χ2n) is 6.86. The van der Waals surface area contributed by atoms with Crippen LogP contribution < -0.4 is 9.47 Å². The van der Waals surface area contributed by atoms with Crippen molar-refractivity contribution in [3.8, 4) is 17.6 Å². The van der Waals surface area contributed by atoms with Gasteiger partial charge in [-0.3, -0.25) is 14.5 Å². The molecule has 6 heteroatoms. The van der Waals surface area contributed by atoms with Crippen LogP contribution in [0.1, 0.15) is 18.1 Å². The molecule has 3 rings (SSSR count). The first-order valence-corrected chi connectivity index (χ1v) is 9.65. The molecule has 0 saturated heterocycles. The number of carbonyl (C=O) groups is 2. The van der Waals surface area contributed by atoms with Crippen LogP contribution in [0.5, 0.6) is 11.5 Å². The summed E-state index contributed by atoms with van der Waals surface area (Å²) in [5, 5.41) is 9.40. The van der Waals surface area contributed by atoms with Gasteiger partial charge in [0.2, 0.25) is 0 Å². The number of ether oxygens (including phenoxy) is 2. The standard InChI is InChI=1S/C25H22N2O4/c1-4-12-27-24(28)20(17(2)21(15-26)25(27)29)13-19-10-11-22(23(14-19)30-3)31-16-18-8-6-5-7-9-18/h4-11,13-14H,1,12,16H2,2-3H3/b20-13+. The van der Waals surface area contributed by atoms with Crippen molar-refractivity contribution in [1.82, 2.24) is 4.90 Å². The van der Waals surface area contributed by atoms with E-state index in [9.17, 15) is 14.9 Å². The lowest BCUT2D eigenvalue weighted by Crippen LogP contribution is -2.42. The van der Waals surface area contributed by atoms with E-state index in [0.29, 0.717) is 29.2 Å². The van der Waals surface area contributed by atoms with Crippen molar-refractivity contribution in [3.05, 3.63) is 89.0 Å². The summed E-state index contributed by atoms with van der Waals surface area (Å²) in [6.45, 7) is 5.60. The molecule has 0 bridgehead atoms. The molecule has 1 aliphatic rings. The summed E-state index contributed by atoms with van der Waals surface area (Å²) in [7, 11) is 1.54. The Balaban J connectivity index is 1.93. The van der Waals surface area contributed by atoms with E-state index in [0.717, 1.165) is 10.5 Å². The van der Waals surface area contributed by atoms with Gasteiger partial charge in [-0.15, -0.1) is 6.58 Å². The first-order valence-electron chi connectivity index (χ1n) is 9.65. The van der Waals surface area contributed by atoms with Gasteiger partial charge in [-0.25, -0.2) is 0 Å². The normalized spacial score (nSPS) is 15.1. The van der Waals surface area contributed by atoms with Crippen LogP contribution in [-0.2, 0) is 16.2 Å². The molecule has 1 heterocycles. The predicted molar refractivity (Wildman–Crippen MR) is 117 cm³/mol. The van der Waals surface area contributed by atoms with Crippen molar-refractivity contribution in [2.24, 2.45) is 0 Å². The number of carbonyl (C=O) groups excluding carboxylic acids is 2. The van der Waals surface area contributed by atoms with Gasteiger partial charge >= 0.3 is 0 Å². The molecule has 0 N–H and O–H groups in total. The van der Waals surface area contributed by atoms with Crippen LogP contribution in [0, 0.1) is 11.3 Å².